The predicted molar refractivity (Wildman–Crippen MR) is 124 cm³/mol. The van der Waals surface area contributed by atoms with Crippen LogP contribution < -0.4 is 5.32 Å². The Balaban J connectivity index is 1.57. The molecule has 0 saturated carbocycles. The molecule has 1 aliphatic rings. The summed E-state index contributed by atoms with van der Waals surface area (Å²) >= 11 is 6.15. The minimum Gasteiger partial charge on any atom is -0.462 e. The summed E-state index contributed by atoms with van der Waals surface area (Å²) in [4.78, 5) is 24.5. The van der Waals surface area contributed by atoms with Crippen LogP contribution >= 0.6 is 11.6 Å². The predicted octanol–water partition coefficient (Wildman–Crippen LogP) is 4.01. The summed E-state index contributed by atoms with van der Waals surface area (Å²) in [6, 6.07) is 12.0. The van der Waals surface area contributed by atoms with Gasteiger partial charge in [-0.25, -0.2) is 17.5 Å². The van der Waals surface area contributed by atoms with Gasteiger partial charge in [-0.05, 0) is 56.0 Å². The third-order valence-electron chi connectivity index (χ3n) is 5.55. The molecular weight excluding hydrogens is 452 g/mol. The fourth-order valence-electron chi connectivity index (χ4n) is 3.67. The Kier molecular flexibility index (Phi) is 7.92. The van der Waals surface area contributed by atoms with Crippen molar-refractivity contribution in [2.24, 2.45) is 5.92 Å². The maximum absolute atomic E-state index is 12.8. The van der Waals surface area contributed by atoms with Gasteiger partial charge in [0.05, 0.1) is 22.9 Å². The topological polar surface area (TPSA) is 92.8 Å². The molecule has 9 heteroatoms. The molecule has 0 unspecified atom stereocenters. The Labute approximate surface area is 193 Å². The monoisotopic (exact) mass is 478 g/mol. The van der Waals surface area contributed by atoms with Crippen LogP contribution in [0.25, 0.3) is 0 Å². The van der Waals surface area contributed by atoms with Crippen LogP contribution in [0.1, 0.15) is 41.3 Å². The van der Waals surface area contributed by atoms with E-state index in [9.17, 15) is 18.0 Å². The second-order valence-corrected chi connectivity index (χ2v) is 10.1. The van der Waals surface area contributed by atoms with E-state index < -0.39 is 16.0 Å². The molecule has 0 aromatic heterocycles. The zero-order valence-electron chi connectivity index (χ0n) is 18.1. The molecule has 1 amide bonds. The average molecular weight is 479 g/mol. The maximum atomic E-state index is 12.8. The van der Waals surface area contributed by atoms with Crippen LogP contribution in [0.5, 0.6) is 0 Å². The van der Waals surface area contributed by atoms with Crippen LogP contribution in [0, 0.1) is 12.8 Å². The first-order valence-electron chi connectivity index (χ1n) is 10.5. The van der Waals surface area contributed by atoms with Gasteiger partial charge in [0, 0.05) is 24.7 Å². The van der Waals surface area contributed by atoms with Crippen LogP contribution in [0.15, 0.2) is 42.5 Å². The highest BCUT2D eigenvalue weighted by molar-refractivity contribution is 7.88. The Bertz CT molecular complexity index is 1100. The van der Waals surface area contributed by atoms with Gasteiger partial charge in [-0.2, -0.15) is 0 Å². The second-order valence-electron chi connectivity index (χ2n) is 7.76. The first-order valence-corrected chi connectivity index (χ1v) is 12.5. The third kappa shape index (κ3) is 5.88. The number of halogens is 1. The molecule has 0 radical (unpaired) electrons. The smallest absolute Gasteiger partial charge is 0.339 e. The van der Waals surface area contributed by atoms with E-state index in [4.69, 9.17) is 16.3 Å². The number of carbonyl (C=O) groups is 2. The number of ether oxygens (including phenoxy) is 1. The van der Waals surface area contributed by atoms with Crippen molar-refractivity contribution in [1.82, 2.24) is 4.31 Å². The van der Waals surface area contributed by atoms with E-state index >= 15 is 0 Å². The van der Waals surface area contributed by atoms with Crippen LogP contribution in [0.2, 0.25) is 5.02 Å². The second kappa shape index (κ2) is 10.5. The van der Waals surface area contributed by atoms with Crippen LogP contribution in [0.3, 0.4) is 0 Å². The van der Waals surface area contributed by atoms with E-state index in [1.807, 2.05) is 31.2 Å². The number of hydrogen-bond acceptors (Lipinski definition) is 5. The lowest BCUT2D eigenvalue weighted by molar-refractivity contribution is -0.120. The fourth-order valence-corrected chi connectivity index (χ4v) is 5.59. The number of nitrogens with one attached hydrogen (secondary N) is 1. The number of sulfonamides is 1. The average Bonchev–Trinajstić information content (AvgIpc) is 2.75. The van der Waals surface area contributed by atoms with Crippen molar-refractivity contribution < 1.29 is 22.7 Å². The summed E-state index contributed by atoms with van der Waals surface area (Å²) in [7, 11) is -3.45. The Morgan fingerprint density at radius 3 is 2.47 bits per heavy atom. The van der Waals surface area contributed by atoms with Crippen molar-refractivity contribution in [3.63, 3.8) is 0 Å². The van der Waals surface area contributed by atoms with Crippen molar-refractivity contribution in [3.05, 3.63) is 64.2 Å². The molecule has 1 N–H and O–H groups in total. The van der Waals surface area contributed by atoms with E-state index in [-0.39, 0.29) is 34.8 Å². The minimum absolute atomic E-state index is 0.0398. The summed E-state index contributed by atoms with van der Waals surface area (Å²) in [6.45, 7) is 4.45. The molecule has 7 nitrogen and oxygen atoms in total. The van der Waals surface area contributed by atoms with E-state index in [0.717, 1.165) is 11.1 Å². The molecule has 1 fully saturated rings. The van der Waals surface area contributed by atoms with Crippen molar-refractivity contribution in [3.8, 4) is 0 Å². The fraction of sp³-hybridized carbons (Fsp3) is 0.391. The molecule has 32 heavy (non-hydrogen) atoms. The zero-order chi connectivity index (χ0) is 23.3. The number of benzene rings is 2. The molecule has 2 aromatic carbocycles. The zero-order valence-corrected chi connectivity index (χ0v) is 19.7. The first-order chi connectivity index (χ1) is 15.2. The van der Waals surface area contributed by atoms with Gasteiger partial charge in [-0.1, -0.05) is 35.9 Å². The largest absolute Gasteiger partial charge is 0.462 e. The van der Waals surface area contributed by atoms with Crippen molar-refractivity contribution >= 4 is 39.2 Å². The highest BCUT2D eigenvalue weighted by Gasteiger charge is 2.31. The van der Waals surface area contributed by atoms with Crippen LogP contribution in [-0.4, -0.2) is 44.3 Å². The van der Waals surface area contributed by atoms with Crippen molar-refractivity contribution in [2.75, 3.05) is 25.0 Å². The lowest BCUT2D eigenvalue weighted by atomic mass is 9.97. The number of aryl methyl sites for hydroxylation is 1. The number of piperidine rings is 1. The number of nitrogens with zero attached hydrogens (tertiary/aromatic N) is 1. The number of carbonyl (C=O) groups excluding carboxylic acids is 2. The summed E-state index contributed by atoms with van der Waals surface area (Å²) in [5.41, 5.74) is 2.44. The van der Waals surface area contributed by atoms with Crippen LogP contribution in [-0.2, 0) is 25.3 Å². The highest BCUT2D eigenvalue weighted by Crippen LogP contribution is 2.26. The molecule has 0 bridgehead atoms. The molecule has 3 rings (SSSR count). The maximum Gasteiger partial charge on any atom is 0.339 e. The minimum atomic E-state index is -3.45. The molecule has 172 valence electrons. The van der Waals surface area contributed by atoms with E-state index in [2.05, 4.69) is 5.32 Å². The van der Waals surface area contributed by atoms with Gasteiger partial charge in [0.1, 0.15) is 0 Å². The van der Waals surface area contributed by atoms with Gasteiger partial charge in [0.2, 0.25) is 15.9 Å². The highest BCUT2D eigenvalue weighted by atomic mass is 35.5. The van der Waals surface area contributed by atoms with Crippen molar-refractivity contribution in [2.45, 2.75) is 32.4 Å². The number of anilines is 1. The molecular formula is C23H27ClN2O5S. The van der Waals surface area contributed by atoms with Gasteiger partial charge in [-0.15, -0.1) is 0 Å². The Hall–Kier alpha value is -2.42. The van der Waals surface area contributed by atoms with E-state index in [1.54, 1.807) is 13.0 Å². The normalized spacial score (nSPS) is 15.3. The summed E-state index contributed by atoms with van der Waals surface area (Å²) in [5.74, 6) is -1.05. The molecule has 0 atom stereocenters. The first kappa shape index (κ1) is 24.2. The van der Waals surface area contributed by atoms with Gasteiger partial charge in [-0.3, -0.25) is 4.79 Å². The van der Waals surface area contributed by atoms with Crippen molar-refractivity contribution in [1.29, 1.82) is 0 Å². The van der Waals surface area contributed by atoms with E-state index in [0.29, 0.717) is 31.6 Å². The van der Waals surface area contributed by atoms with Gasteiger partial charge in [0.25, 0.3) is 0 Å². The standard InChI is InChI=1S/C23H27ClN2O5S/c1-3-31-23(28)20-9-8-19(14-21(20)24)25-22(27)17-10-12-26(13-11-17)32(29,30)15-18-7-5-4-6-16(18)2/h4-9,14,17H,3,10-13,15H2,1-2H3,(H,25,27). The SMILES string of the molecule is CCOC(=O)c1ccc(NC(=O)C2CCN(S(=O)(=O)Cc3ccccc3C)CC2)cc1Cl. The molecule has 1 heterocycles. The number of hydrogen-bond donors (Lipinski definition) is 1. The van der Waals surface area contributed by atoms with Gasteiger partial charge >= 0.3 is 5.97 Å². The summed E-state index contributed by atoms with van der Waals surface area (Å²) in [5, 5.41) is 3.00. The van der Waals surface area contributed by atoms with E-state index in [1.165, 1.54) is 16.4 Å². The number of esters is 1. The molecule has 1 aliphatic heterocycles. The Morgan fingerprint density at radius 2 is 1.84 bits per heavy atom. The summed E-state index contributed by atoms with van der Waals surface area (Å²) in [6.07, 6.45) is 0.876. The Morgan fingerprint density at radius 1 is 1.16 bits per heavy atom. The molecule has 1 saturated heterocycles. The molecule has 0 spiro atoms. The lowest BCUT2D eigenvalue weighted by Crippen LogP contribution is -2.42. The number of rotatable bonds is 7. The third-order valence-corrected chi connectivity index (χ3v) is 7.69. The quantitative estimate of drug-likeness (QED) is 0.607. The molecule has 0 aliphatic carbocycles. The van der Waals surface area contributed by atoms with Gasteiger partial charge in [0.15, 0.2) is 0 Å². The lowest BCUT2D eigenvalue weighted by Gasteiger charge is -2.30. The van der Waals surface area contributed by atoms with Gasteiger partial charge < -0.3 is 10.1 Å². The summed E-state index contributed by atoms with van der Waals surface area (Å²) < 4.78 is 32.0. The molecule has 2 aromatic rings. The number of amides is 1. The van der Waals surface area contributed by atoms with Crippen LogP contribution in [0.4, 0.5) is 5.69 Å².